The van der Waals surface area contributed by atoms with Crippen LogP contribution in [0.1, 0.15) is 12.5 Å². The molecule has 0 aliphatic carbocycles. The van der Waals surface area contributed by atoms with Crippen LogP contribution in [-0.4, -0.2) is 43.9 Å². The number of nitrogens with one attached hydrogen (secondary N) is 1. The average molecular weight is 369 g/mol. The minimum Gasteiger partial charge on any atom is -0.313 e. The normalized spacial score (nSPS) is 17.1. The summed E-state index contributed by atoms with van der Waals surface area (Å²) < 4.78 is 26.9. The highest BCUT2D eigenvalue weighted by atomic mass is 35.5. The molecule has 4 nitrogen and oxygen atoms in total. The molecule has 1 fully saturated rings. The van der Waals surface area contributed by atoms with Crippen molar-refractivity contribution < 1.29 is 8.42 Å². The van der Waals surface area contributed by atoms with E-state index < -0.39 is 10.0 Å². The molecule has 1 saturated heterocycles. The van der Waals surface area contributed by atoms with Gasteiger partial charge in [0.15, 0.2) is 0 Å². The highest BCUT2D eigenvalue weighted by Crippen LogP contribution is 2.33. The predicted molar refractivity (Wildman–Crippen MR) is 89.9 cm³/mol. The van der Waals surface area contributed by atoms with Gasteiger partial charge >= 0.3 is 0 Å². The summed E-state index contributed by atoms with van der Waals surface area (Å²) in [4.78, 5) is 0.147. The van der Waals surface area contributed by atoms with E-state index in [9.17, 15) is 8.42 Å². The minimum absolute atomic E-state index is 0.147. The Morgan fingerprint density at radius 3 is 2.57 bits per heavy atom. The van der Waals surface area contributed by atoms with Gasteiger partial charge in [-0.15, -0.1) is 0 Å². The zero-order valence-electron chi connectivity index (χ0n) is 11.7. The monoisotopic (exact) mass is 368 g/mol. The van der Waals surface area contributed by atoms with Gasteiger partial charge in [-0.05, 0) is 18.7 Å². The summed E-state index contributed by atoms with van der Waals surface area (Å²) in [7, 11) is -3.56. The van der Waals surface area contributed by atoms with Gasteiger partial charge in [0.1, 0.15) is 4.90 Å². The Labute approximate surface area is 140 Å². The second kappa shape index (κ2) is 7.53. The smallest absolute Gasteiger partial charge is 0.244 e. The lowest BCUT2D eigenvalue weighted by Crippen LogP contribution is -2.38. The third kappa shape index (κ3) is 3.86. The van der Waals surface area contributed by atoms with Crippen molar-refractivity contribution in [1.82, 2.24) is 9.62 Å². The van der Waals surface area contributed by atoms with Gasteiger partial charge < -0.3 is 5.32 Å². The first kappa shape index (κ1) is 17.4. The van der Waals surface area contributed by atoms with Crippen LogP contribution in [0, 0.1) is 0 Å². The van der Waals surface area contributed by atoms with Crippen LogP contribution in [-0.2, 0) is 16.6 Å². The number of nitrogens with zero attached hydrogens (tertiary/aromatic N) is 1. The first-order valence-electron chi connectivity index (χ1n) is 6.74. The van der Waals surface area contributed by atoms with Gasteiger partial charge in [0, 0.05) is 41.7 Å². The second-order valence-electron chi connectivity index (χ2n) is 4.63. The quantitative estimate of drug-likeness (QED) is 0.867. The fraction of sp³-hybridized carbons (Fsp3) is 0.538. The van der Waals surface area contributed by atoms with Crippen molar-refractivity contribution in [2.75, 3.05) is 31.1 Å². The van der Waals surface area contributed by atoms with Crippen molar-refractivity contribution in [2.45, 2.75) is 18.4 Å². The van der Waals surface area contributed by atoms with E-state index in [0.717, 1.165) is 18.1 Å². The minimum atomic E-state index is -3.56. The maximum absolute atomic E-state index is 12.7. The van der Waals surface area contributed by atoms with Crippen molar-refractivity contribution in [3.63, 3.8) is 0 Å². The lowest BCUT2D eigenvalue weighted by Gasteiger charge is -2.26. The highest BCUT2D eigenvalue weighted by Gasteiger charge is 2.29. The van der Waals surface area contributed by atoms with E-state index in [0.29, 0.717) is 30.2 Å². The summed E-state index contributed by atoms with van der Waals surface area (Å²) in [6.07, 6.45) is 0. The highest BCUT2D eigenvalue weighted by molar-refractivity contribution is 7.99. The molecule has 2 rings (SSSR count). The summed E-state index contributed by atoms with van der Waals surface area (Å²) in [6.45, 7) is 4.22. The molecule has 0 spiro atoms. The standard InChI is InChI=1S/C13H18Cl2N2O2S2/c1-2-16-9-10-11(14)3-4-12(13(10)15)21(18,19)17-5-7-20-8-6-17/h3-4,16H,2,5-9H2,1H3. The second-order valence-corrected chi connectivity index (χ2v) is 8.55. The summed E-state index contributed by atoms with van der Waals surface area (Å²) >= 11 is 14.2. The van der Waals surface area contributed by atoms with Gasteiger partial charge in [-0.25, -0.2) is 8.42 Å². The van der Waals surface area contributed by atoms with Gasteiger partial charge in [-0.3, -0.25) is 0 Å². The molecule has 1 aromatic rings. The molecule has 0 atom stereocenters. The van der Waals surface area contributed by atoms with Crippen molar-refractivity contribution in [1.29, 1.82) is 0 Å². The molecule has 0 unspecified atom stereocenters. The summed E-state index contributed by atoms with van der Waals surface area (Å²) in [5.74, 6) is 1.63. The Morgan fingerprint density at radius 2 is 1.95 bits per heavy atom. The van der Waals surface area contributed by atoms with Crippen LogP contribution < -0.4 is 5.32 Å². The first-order chi connectivity index (χ1) is 9.98. The van der Waals surface area contributed by atoms with Crippen LogP contribution in [0.4, 0.5) is 0 Å². The van der Waals surface area contributed by atoms with Crippen molar-refractivity contribution in [2.24, 2.45) is 0 Å². The van der Waals surface area contributed by atoms with Crippen LogP contribution in [0.25, 0.3) is 0 Å². The third-order valence-corrected chi connectivity index (χ3v) is 7.07. The van der Waals surface area contributed by atoms with E-state index in [-0.39, 0.29) is 9.92 Å². The van der Waals surface area contributed by atoms with E-state index in [1.165, 1.54) is 10.4 Å². The van der Waals surface area contributed by atoms with Gasteiger partial charge in [-0.1, -0.05) is 30.1 Å². The Kier molecular flexibility index (Phi) is 6.23. The molecule has 0 bridgehead atoms. The van der Waals surface area contributed by atoms with E-state index in [1.807, 2.05) is 6.92 Å². The Hall–Kier alpha value is 0.0200. The lowest BCUT2D eigenvalue weighted by atomic mass is 10.2. The molecule has 0 saturated carbocycles. The van der Waals surface area contributed by atoms with Gasteiger partial charge in [0.25, 0.3) is 0 Å². The van der Waals surface area contributed by atoms with Crippen molar-refractivity contribution >= 4 is 45.0 Å². The molecular formula is C13H18Cl2N2O2S2. The molecule has 1 aromatic carbocycles. The number of benzene rings is 1. The largest absolute Gasteiger partial charge is 0.313 e. The number of halogens is 2. The molecule has 118 valence electrons. The molecule has 21 heavy (non-hydrogen) atoms. The Bertz CT molecular complexity index is 602. The van der Waals surface area contributed by atoms with Crippen LogP contribution >= 0.6 is 35.0 Å². The van der Waals surface area contributed by atoms with Crippen LogP contribution in [0.3, 0.4) is 0 Å². The number of rotatable bonds is 5. The fourth-order valence-corrected chi connectivity index (χ4v) is 5.58. The number of sulfonamides is 1. The van der Waals surface area contributed by atoms with Crippen LogP contribution in [0.15, 0.2) is 17.0 Å². The van der Waals surface area contributed by atoms with E-state index >= 15 is 0 Å². The summed E-state index contributed by atoms with van der Waals surface area (Å²) in [6, 6.07) is 3.10. The predicted octanol–water partition coefficient (Wildman–Crippen LogP) is 2.84. The van der Waals surface area contributed by atoms with Crippen LogP contribution in [0.5, 0.6) is 0 Å². The molecular weight excluding hydrogens is 351 g/mol. The SMILES string of the molecule is CCNCc1c(Cl)ccc(S(=O)(=O)N2CCSCC2)c1Cl. The molecule has 0 amide bonds. The molecule has 0 aromatic heterocycles. The maximum atomic E-state index is 12.7. The van der Waals surface area contributed by atoms with E-state index in [2.05, 4.69) is 5.32 Å². The van der Waals surface area contributed by atoms with Gasteiger partial charge in [0.05, 0.1) is 5.02 Å². The van der Waals surface area contributed by atoms with Gasteiger partial charge in [0.2, 0.25) is 10.0 Å². The third-order valence-electron chi connectivity index (χ3n) is 3.29. The van der Waals surface area contributed by atoms with Gasteiger partial charge in [-0.2, -0.15) is 16.1 Å². The molecule has 1 aliphatic heterocycles. The van der Waals surface area contributed by atoms with Crippen molar-refractivity contribution in [3.05, 3.63) is 27.7 Å². The summed E-state index contributed by atoms with van der Waals surface area (Å²) in [5.41, 5.74) is 0.632. The molecule has 1 heterocycles. The van der Waals surface area contributed by atoms with E-state index in [4.69, 9.17) is 23.2 Å². The Balaban J connectivity index is 2.38. The van der Waals surface area contributed by atoms with Crippen molar-refractivity contribution in [3.8, 4) is 0 Å². The number of hydrogen-bond donors (Lipinski definition) is 1. The molecule has 1 aliphatic rings. The maximum Gasteiger partial charge on any atom is 0.244 e. The fourth-order valence-electron chi connectivity index (χ4n) is 2.11. The Morgan fingerprint density at radius 1 is 1.29 bits per heavy atom. The number of hydrogen-bond acceptors (Lipinski definition) is 4. The molecule has 1 N–H and O–H groups in total. The topological polar surface area (TPSA) is 49.4 Å². The van der Waals surface area contributed by atoms with Crippen LogP contribution in [0.2, 0.25) is 10.0 Å². The number of thioether (sulfide) groups is 1. The van der Waals surface area contributed by atoms with E-state index in [1.54, 1.807) is 17.8 Å². The zero-order valence-corrected chi connectivity index (χ0v) is 14.9. The lowest BCUT2D eigenvalue weighted by molar-refractivity contribution is 0.443. The average Bonchev–Trinajstić information content (AvgIpc) is 2.48. The molecule has 8 heteroatoms. The first-order valence-corrected chi connectivity index (χ1v) is 10.1. The molecule has 0 radical (unpaired) electrons. The zero-order chi connectivity index (χ0) is 15.5. The summed E-state index contributed by atoms with van der Waals surface area (Å²) in [5, 5.41) is 3.83.